The predicted molar refractivity (Wildman–Crippen MR) is 101 cm³/mol. The van der Waals surface area contributed by atoms with Gasteiger partial charge in [0.15, 0.2) is 0 Å². The van der Waals surface area contributed by atoms with Gasteiger partial charge in [0.05, 0.1) is 6.10 Å². The van der Waals surface area contributed by atoms with E-state index in [1.54, 1.807) is 0 Å². The second kappa shape index (κ2) is 10.6. The maximum absolute atomic E-state index is 5.67. The number of rotatable bonds is 12. The lowest BCUT2D eigenvalue weighted by Gasteiger charge is -2.02. The van der Waals surface area contributed by atoms with Gasteiger partial charge in [0, 0.05) is 0 Å². The van der Waals surface area contributed by atoms with Crippen LogP contribution in [-0.2, 0) is 11.2 Å². The van der Waals surface area contributed by atoms with E-state index >= 15 is 0 Å². The zero-order valence-corrected chi connectivity index (χ0v) is 15.1. The molecule has 1 aromatic rings. The second-order valence-electron chi connectivity index (χ2n) is 6.90. The Hall–Kier alpha value is -1.08. The molecule has 1 fully saturated rings. The smallest absolute Gasteiger partial charge is 0.103 e. The Bertz CT molecular complexity index is 446. The van der Waals surface area contributed by atoms with Crippen LogP contribution in [0.4, 0.5) is 0 Å². The summed E-state index contributed by atoms with van der Waals surface area (Å²) < 4.78 is 5.67. The number of aryl methyl sites for hydroxylation is 1. The van der Waals surface area contributed by atoms with E-state index in [1.165, 1.54) is 75.3 Å². The first-order valence-electron chi connectivity index (χ1n) is 9.76. The van der Waals surface area contributed by atoms with Gasteiger partial charge >= 0.3 is 0 Å². The molecular formula is C22H34O. The maximum atomic E-state index is 5.67. The zero-order valence-electron chi connectivity index (χ0n) is 15.1. The predicted octanol–water partition coefficient (Wildman–Crippen LogP) is 6.56. The first kappa shape index (κ1) is 18.3. The summed E-state index contributed by atoms with van der Waals surface area (Å²) in [7, 11) is 0. The van der Waals surface area contributed by atoms with E-state index in [4.69, 9.17) is 4.74 Å². The fraction of sp³-hybridized carbons (Fsp3) is 0.636. The van der Waals surface area contributed by atoms with Gasteiger partial charge in [0.2, 0.25) is 0 Å². The first-order valence-corrected chi connectivity index (χ1v) is 9.76. The van der Waals surface area contributed by atoms with E-state index in [2.05, 4.69) is 50.3 Å². The van der Waals surface area contributed by atoms with Crippen molar-refractivity contribution in [2.24, 2.45) is 0 Å². The van der Waals surface area contributed by atoms with Crippen LogP contribution < -0.4 is 0 Å². The molecule has 0 bridgehead atoms. The molecule has 23 heavy (non-hydrogen) atoms. The third-order valence-corrected chi connectivity index (χ3v) is 4.74. The van der Waals surface area contributed by atoms with Gasteiger partial charge in [-0.1, -0.05) is 95.2 Å². The van der Waals surface area contributed by atoms with E-state index in [0.717, 1.165) is 0 Å². The summed E-state index contributed by atoms with van der Waals surface area (Å²) >= 11 is 0. The minimum atomic E-state index is 0.365. The fourth-order valence-electron chi connectivity index (χ4n) is 3.07. The van der Waals surface area contributed by atoms with Crippen molar-refractivity contribution < 1.29 is 4.74 Å². The minimum absolute atomic E-state index is 0.365. The lowest BCUT2D eigenvalue weighted by molar-refractivity contribution is 0.375. The van der Waals surface area contributed by atoms with Crippen LogP contribution in [0.5, 0.6) is 0 Å². The molecule has 1 unspecified atom stereocenters. The highest BCUT2D eigenvalue weighted by Crippen LogP contribution is 2.28. The zero-order chi connectivity index (χ0) is 16.3. The fourth-order valence-corrected chi connectivity index (χ4v) is 3.07. The van der Waals surface area contributed by atoms with Crippen molar-refractivity contribution >= 4 is 6.08 Å². The topological polar surface area (TPSA) is 12.5 Å². The molecule has 1 aliphatic heterocycles. The number of epoxide rings is 1. The van der Waals surface area contributed by atoms with Crippen LogP contribution in [0.15, 0.2) is 30.3 Å². The molecule has 1 heterocycles. The molecule has 0 radical (unpaired) electrons. The van der Waals surface area contributed by atoms with Crippen LogP contribution in [0, 0.1) is 0 Å². The normalized spacial score (nSPS) is 20.3. The molecule has 2 atom stereocenters. The van der Waals surface area contributed by atoms with E-state index in [-0.39, 0.29) is 0 Å². The highest BCUT2D eigenvalue weighted by Gasteiger charge is 2.35. The first-order chi connectivity index (χ1) is 11.3. The summed E-state index contributed by atoms with van der Waals surface area (Å²) in [6.45, 7) is 4.51. The van der Waals surface area contributed by atoms with Crippen LogP contribution in [0.25, 0.3) is 6.08 Å². The number of hydrogen-bond donors (Lipinski definition) is 0. The molecule has 0 spiro atoms. The average Bonchev–Trinajstić information content (AvgIpc) is 3.34. The molecule has 0 amide bonds. The Balaban J connectivity index is 1.63. The van der Waals surface area contributed by atoms with Crippen molar-refractivity contribution in [1.29, 1.82) is 0 Å². The van der Waals surface area contributed by atoms with Crippen molar-refractivity contribution in [3.05, 3.63) is 41.5 Å². The Morgan fingerprint density at radius 3 is 2.30 bits per heavy atom. The molecule has 0 aliphatic carbocycles. The van der Waals surface area contributed by atoms with Crippen LogP contribution in [0.3, 0.4) is 0 Å². The standard InChI is InChI=1S/C22H34O/c1-3-5-7-8-9-10-11-19-13-15-20(16-14-19)17-18-22-21(23-22)12-6-4-2/h13-18,21-22H,3-12H2,1-2H3/t21?,22-/m1/s1. The van der Waals surface area contributed by atoms with Gasteiger partial charge in [-0.05, 0) is 30.4 Å². The third kappa shape index (κ3) is 7.35. The summed E-state index contributed by atoms with van der Waals surface area (Å²) in [6, 6.07) is 9.06. The number of hydrogen-bond acceptors (Lipinski definition) is 1. The molecule has 0 N–H and O–H groups in total. The molecule has 0 aromatic heterocycles. The number of benzene rings is 1. The Labute approximate surface area is 143 Å². The number of unbranched alkanes of at least 4 members (excludes halogenated alkanes) is 6. The Kier molecular flexibility index (Phi) is 8.46. The average molecular weight is 315 g/mol. The maximum Gasteiger partial charge on any atom is 0.103 e. The van der Waals surface area contributed by atoms with Crippen LogP contribution in [0.2, 0.25) is 0 Å². The van der Waals surface area contributed by atoms with Gasteiger partial charge in [-0.2, -0.15) is 0 Å². The van der Waals surface area contributed by atoms with Gasteiger partial charge in [-0.15, -0.1) is 0 Å². The summed E-state index contributed by atoms with van der Waals surface area (Å²) in [5.41, 5.74) is 2.77. The van der Waals surface area contributed by atoms with Gasteiger partial charge in [-0.25, -0.2) is 0 Å². The lowest BCUT2D eigenvalue weighted by Crippen LogP contribution is -1.90. The molecular weight excluding hydrogens is 280 g/mol. The van der Waals surface area contributed by atoms with Crippen LogP contribution in [0.1, 0.15) is 82.8 Å². The van der Waals surface area contributed by atoms with Crippen molar-refractivity contribution in [2.75, 3.05) is 0 Å². The van der Waals surface area contributed by atoms with E-state index in [0.29, 0.717) is 12.2 Å². The summed E-state index contributed by atoms with van der Waals surface area (Å²) in [4.78, 5) is 0. The van der Waals surface area contributed by atoms with Gasteiger partial charge in [0.1, 0.15) is 6.10 Å². The largest absolute Gasteiger partial charge is 0.365 e. The van der Waals surface area contributed by atoms with Crippen LogP contribution in [-0.4, -0.2) is 12.2 Å². The lowest BCUT2D eigenvalue weighted by atomic mass is 10.0. The monoisotopic (exact) mass is 314 g/mol. The Morgan fingerprint density at radius 2 is 1.57 bits per heavy atom. The quantitative estimate of drug-likeness (QED) is 0.314. The molecule has 1 heteroatoms. The van der Waals surface area contributed by atoms with Crippen molar-refractivity contribution in [3.63, 3.8) is 0 Å². The molecule has 1 aliphatic rings. The highest BCUT2D eigenvalue weighted by atomic mass is 16.6. The van der Waals surface area contributed by atoms with Gasteiger partial charge in [0.25, 0.3) is 0 Å². The van der Waals surface area contributed by atoms with Crippen molar-refractivity contribution in [1.82, 2.24) is 0 Å². The molecule has 2 rings (SSSR count). The SMILES string of the molecule is CCCCCCCCc1ccc(C=C[C@H]2OC2CCCC)cc1. The summed E-state index contributed by atoms with van der Waals surface area (Å²) in [6.07, 6.45) is 18.5. The molecule has 0 saturated carbocycles. The third-order valence-electron chi connectivity index (χ3n) is 4.74. The summed E-state index contributed by atoms with van der Waals surface area (Å²) in [5, 5.41) is 0. The van der Waals surface area contributed by atoms with Crippen LogP contribution >= 0.6 is 0 Å². The van der Waals surface area contributed by atoms with Crippen molar-refractivity contribution in [2.45, 2.75) is 90.3 Å². The molecule has 1 saturated heterocycles. The minimum Gasteiger partial charge on any atom is -0.365 e. The van der Waals surface area contributed by atoms with E-state index in [9.17, 15) is 0 Å². The second-order valence-corrected chi connectivity index (χ2v) is 6.90. The van der Waals surface area contributed by atoms with Gasteiger partial charge < -0.3 is 4.74 Å². The molecule has 1 aromatic carbocycles. The summed E-state index contributed by atoms with van der Waals surface area (Å²) in [5.74, 6) is 0. The van der Waals surface area contributed by atoms with Gasteiger partial charge in [-0.3, -0.25) is 0 Å². The highest BCUT2D eigenvalue weighted by molar-refractivity contribution is 5.50. The Morgan fingerprint density at radius 1 is 0.870 bits per heavy atom. The molecule has 1 nitrogen and oxygen atoms in total. The van der Waals surface area contributed by atoms with E-state index in [1.807, 2.05) is 0 Å². The van der Waals surface area contributed by atoms with Crippen molar-refractivity contribution in [3.8, 4) is 0 Å². The van der Waals surface area contributed by atoms with E-state index < -0.39 is 0 Å². The number of ether oxygens (including phenoxy) is 1. The molecule has 128 valence electrons.